The fourth-order valence-corrected chi connectivity index (χ4v) is 8.59. The normalized spacial score (nSPS) is 26.3. The summed E-state index contributed by atoms with van der Waals surface area (Å²) in [5.74, 6) is -4.13. The molecule has 3 saturated heterocycles. The quantitative estimate of drug-likeness (QED) is 0.0656. The van der Waals surface area contributed by atoms with Crippen LogP contribution in [0.4, 0.5) is 0 Å². The number of hydrogen-bond acceptors (Lipinski definition) is 10. The van der Waals surface area contributed by atoms with Gasteiger partial charge in [-0.05, 0) is 55.0 Å². The highest BCUT2D eigenvalue weighted by atomic mass is 32.2. The number of thioether (sulfide) groups is 1. The Bertz CT molecular complexity index is 1990. The Hall–Kier alpha value is -5.82. The van der Waals surface area contributed by atoms with E-state index in [0.717, 1.165) is 10.9 Å². The molecule has 6 amide bonds. The van der Waals surface area contributed by atoms with E-state index in [1.807, 2.05) is 24.3 Å². The first kappa shape index (κ1) is 39.9. The summed E-state index contributed by atoms with van der Waals surface area (Å²) in [6.07, 6.45) is 2.59. The third-order valence-corrected chi connectivity index (χ3v) is 11.5. The van der Waals surface area contributed by atoms with Crippen LogP contribution in [0.1, 0.15) is 36.8 Å². The lowest BCUT2D eigenvalue weighted by atomic mass is 9.99. The van der Waals surface area contributed by atoms with Gasteiger partial charge in [0, 0.05) is 42.2 Å². The maximum absolute atomic E-state index is 14.2. The molecule has 3 aliphatic rings. The van der Waals surface area contributed by atoms with Crippen LogP contribution in [0.25, 0.3) is 10.9 Å². The number of aliphatic imine (C=N–C) groups is 1. The van der Waals surface area contributed by atoms with Gasteiger partial charge in [-0.2, -0.15) is 0 Å². The average Bonchev–Trinajstić information content (AvgIpc) is 3.80. The van der Waals surface area contributed by atoms with Crippen molar-refractivity contribution in [2.75, 3.05) is 18.9 Å². The SMILES string of the molecule is NC(N)=NCCC[C@@H]1NC(=O)[C@H](Cc2c[nH]c3ccccc23)NC(=O)[C@H](CO)NC(=O)[C@@H]2CS[C@H]3CC[C@H](NC(=O)[C@H](Cc4ccc(O)cc4)NC1=O)C(=O)N32. The van der Waals surface area contributed by atoms with Crippen molar-refractivity contribution in [1.29, 1.82) is 0 Å². The summed E-state index contributed by atoms with van der Waals surface area (Å²) in [6, 6.07) is 6.07. The molecule has 3 aliphatic heterocycles. The molecule has 7 atom stereocenters. The van der Waals surface area contributed by atoms with E-state index < -0.39 is 78.3 Å². The second-order valence-electron chi connectivity index (χ2n) is 14.0. The molecule has 3 fully saturated rings. The summed E-state index contributed by atoms with van der Waals surface area (Å²) in [5, 5.41) is 34.1. The molecule has 298 valence electrons. The number of para-hydroxylation sites is 1. The Morgan fingerprint density at radius 2 is 1.43 bits per heavy atom. The van der Waals surface area contributed by atoms with Crippen molar-refractivity contribution in [3.05, 3.63) is 65.9 Å². The lowest BCUT2D eigenvalue weighted by Crippen LogP contribution is -2.64. The van der Waals surface area contributed by atoms with Crippen molar-refractivity contribution >= 4 is 64.1 Å². The number of nitrogens with zero attached hydrogens (tertiary/aromatic N) is 2. The van der Waals surface area contributed by atoms with Gasteiger partial charge in [-0.25, -0.2) is 0 Å². The van der Waals surface area contributed by atoms with Crippen LogP contribution in [0.3, 0.4) is 0 Å². The maximum atomic E-state index is 14.2. The molecule has 19 heteroatoms. The highest BCUT2D eigenvalue weighted by Gasteiger charge is 2.48. The number of aromatic hydroxyl groups is 1. The Balaban J connectivity index is 1.36. The second kappa shape index (κ2) is 17.8. The first-order valence-corrected chi connectivity index (χ1v) is 19.4. The predicted molar refractivity (Wildman–Crippen MR) is 207 cm³/mol. The largest absolute Gasteiger partial charge is 0.508 e. The summed E-state index contributed by atoms with van der Waals surface area (Å²) >= 11 is 1.40. The van der Waals surface area contributed by atoms with E-state index in [-0.39, 0.29) is 61.5 Å². The van der Waals surface area contributed by atoms with Gasteiger partial charge in [-0.3, -0.25) is 33.8 Å². The van der Waals surface area contributed by atoms with Crippen molar-refractivity contribution in [2.24, 2.45) is 16.5 Å². The van der Waals surface area contributed by atoms with E-state index in [1.54, 1.807) is 18.3 Å². The zero-order valence-electron chi connectivity index (χ0n) is 30.4. The summed E-state index contributed by atoms with van der Waals surface area (Å²) in [7, 11) is 0. The average molecular weight is 791 g/mol. The van der Waals surface area contributed by atoms with Gasteiger partial charge >= 0.3 is 0 Å². The number of phenolic OH excluding ortho intramolecular Hbond substituents is 1. The molecule has 56 heavy (non-hydrogen) atoms. The number of rotatable bonds is 9. The van der Waals surface area contributed by atoms with Crippen LogP contribution in [0.5, 0.6) is 5.75 Å². The highest BCUT2D eigenvalue weighted by Crippen LogP contribution is 2.36. The number of guanidine groups is 1. The minimum atomic E-state index is -1.49. The second-order valence-corrected chi connectivity index (χ2v) is 15.2. The number of hydrogen-bond donors (Lipinski definition) is 10. The van der Waals surface area contributed by atoms with Gasteiger partial charge in [-0.15, -0.1) is 11.8 Å². The van der Waals surface area contributed by atoms with Crippen molar-refractivity contribution < 1.29 is 39.0 Å². The number of aliphatic hydroxyl groups is 1. The number of carbonyl (C=O) groups excluding carboxylic acids is 6. The molecule has 3 aromatic rings. The summed E-state index contributed by atoms with van der Waals surface area (Å²) in [6.45, 7) is -0.694. The zero-order chi connectivity index (χ0) is 39.9. The van der Waals surface area contributed by atoms with Crippen molar-refractivity contribution in [3.8, 4) is 5.75 Å². The number of piperidine rings is 1. The van der Waals surface area contributed by atoms with E-state index in [9.17, 15) is 39.0 Å². The summed E-state index contributed by atoms with van der Waals surface area (Å²) < 4.78 is 0. The third-order valence-electron chi connectivity index (χ3n) is 10.1. The molecule has 12 N–H and O–H groups in total. The van der Waals surface area contributed by atoms with E-state index >= 15 is 0 Å². The number of aromatic amines is 1. The van der Waals surface area contributed by atoms with E-state index in [2.05, 4.69) is 36.6 Å². The van der Waals surface area contributed by atoms with Crippen LogP contribution < -0.4 is 38.1 Å². The number of nitrogens with two attached hydrogens (primary N) is 2. The number of nitrogens with one attached hydrogen (secondary N) is 6. The van der Waals surface area contributed by atoms with Crippen molar-refractivity contribution in [2.45, 2.75) is 80.1 Å². The molecule has 4 heterocycles. The molecule has 6 rings (SSSR count). The minimum Gasteiger partial charge on any atom is -0.508 e. The number of amides is 6. The van der Waals surface area contributed by atoms with Gasteiger partial charge in [0.25, 0.3) is 0 Å². The number of phenols is 1. The Morgan fingerprint density at radius 3 is 2.16 bits per heavy atom. The lowest BCUT2D eigenvalue weighted by molar-refractivity contribution is -0.146. The van der Waals surface area contributed by atoms with Gasteiger partial charge < -0.3 is 58.1 Å². The monoisotopic (exact) mass is 790 g/mol. The number of fused-ring (bicyclic) bond motifs is 2. The van der Waals surface area contributed by atoms with Crippen LogP contribution >= 0.6 is 11.8 Å². The van der Waals surface area contributed by atoms with E-state index in [0.29, 0.717) is 17.5 Å². The van der Waals surface area contributed by atoms with Crippen LogP contribution in [0, 0.1) is 0 Å². The molecular formula is C37H46N10O8S. The highest BCUT2D eigenvalue weighted by molar-refractivity contribution is 8.00. The number of H-pyrrole nitrogens is 1. The van der Waals surface area contributed by atoms with Gasteiger partial charge in [0.1, 0.15) is 42.0 Å². The molecule has 0 saturated carbocycles. The van der Waals surface area contributed by atoms with E-state index in [1.165, 1.54) is 28.8 Å². The Kier molecular flexibility index (Phi) is 12.6. The van der Waals surface area contributed by atoms with Crippen LogP contribution in [0.15, 0.2) is 59.7 Å². The van der Waals surface area contributed by atoms with Crippen molar-refractivity contribution in [3.63, 3.8) is 0 Å². The minimum absolute atomic E-state index is 0.000445. The third kappa shape index (κ3) is 9.34. The predicted octanol–water partition coefficient (Wildman–Crippen LogP) is -1.79. The zero-order valence-corrected chi connectivity index (χ0v) is 31.2. The van der Waals surface area contributed by atoms with Gasteiger partial charge in [0.2, 0.25) is 35.4 Å². The van der Waals surface area contributed by atoms with Crippen LogP contribution in [0.2, 0.25) is 0 Å². The van der Waals surface area contributed by atoms with E-state index in [4.69, 9.17) is 11.5 Å². The summed E-state index contributed by atoms with van der Waals surface area (Å²) in [5.41, 5.74) is 13.0. The first-order valence-electron chi connectivity index (χ1n) is 18.4. The molecule has 0 unspecified atom stereocenters. The number of aromatic nitrogens is 1. The molecule has 2 bridgehead atoms. The molecular weight excluding hydrogens is 745 g/mol. The topological polar surface area (TPSA) is 286 Å². The molecule has 18 nitrogen and oxygen atoms in total. The van der Waals surface area contributed by atoms with Crippen LogP contribution in [-0.4, -0.2) is 122 Å². The standard InChI is InChI=1S/C37H46N10O8S/c38-37(39)40-13-3-6-24-31(50)44-26(14-19-7-9-21(49)10-8-19)32(51)43-25-11-12-30-47(36(25)55)29(18-56-30)35(54)46-28(17-48)34(53)45-27(33(52)42-24)15-20-16-41-23-5-2-1-4-22(20)23/h1-2,4-5,7-10,16,24-30,41,48-49H,3,6,11-15,17-18H2,(H,42,52)(H,43,51)(H,44,50)(H,45,53)(H,46,54)(H4,38,39,40)/t24-,25-,26-,27-,28-,29-,30-/m0/s1. The van der Waals surface area contributed by atoms with Gasteiger partial charge in [0.15, 0.2) is 5.96 Å². The Labute approximate surface area is 326 Å². The molecule has 1 aromatic heterocycles. The molecule has 0 radical (unpaired) electrons. The molecule has 2 aromatic carbocycles. The summed E-state index contributed by atoms with van der Waals surface area (Å²) in [4.78, 5) is 92.3. The number of carbonyl (C=O) groups is 6. The van der Waals surface area contributed by atoms with Crippen molar-refractivity contribution in [1.82, 2.24) is 36.5 Å². The first-order chi connectivity index (χ1) is 26.9. The number of benzene rings is 2. The Morgan fingerprint density at radius 1 is 0.786 bits per heavy atom. The van der Waals surface area contributed by atoms with Crippen LogP contribution in [-0.2, 0) is 41.6 Å². The van der Waals surface area contributed by atoms with Gasteiger partial charge in [0.05, 0.1) is 12.0 Å². The lowest BCUT2D eigenvalue weighted by Gasteiger charge is -2.37. The fraction of sp³-hybridized carbons (Fsp3) is 0.432. The molecule has 0 aliphatic carbocycles. The maximum Gasteiger partial charge on any atom is 0.246 e. The molecule has 0 spiro atoms. The van der Waals surface area contributed by atoms with Gasteiger partial charge in [-0.1, -0.05) is 30.3 Å². The smallest absolute Gasteiger partial charge is 0.246 e. The number of aliphatic hydroxyl groups excluding tert-OH is 1. The fourth-order valence-electron chi connectivity index (χ4n) is 7.16.